The fraction of sp³-hybridized carbons (Fsp3) is 0.167. The van der Waals surface area contributed by atoms with E-state index in [0.29, 0.717) is 0 Å². The Kier molecular flexibility index (Phi) is 2.19. The van der Waals surface area contributed by atoms with Gasteiger partial charge in [-0.25, -0.2) is 0 Å². The van der Waals surface area contributed by atoms with E-state index in [0.717, 1.165) is 5.69 Å². The van der Waals surface area contributed by atoms with Gasteiger partial charge in [0.05, 0.1) is 11.4 Å². The summed E-state index contributed by atoms with van der Waals surface area (Å²) in [5, 5.41) is 7.82. The van der Waals surface area contributed by atoms with Crippen LogP contribution >= 0.6 is 0 Å². The van der Waals surface area contributed by atoms with Crippen LogP contribution in [-0.4, -0.2) is 10.2 Å². The van der Waals surface area contributed by atoms with Gasteiger partial charge in [-0.3, -0.25) is 5.10 Å². The van der Waals surface area contributed by atoms with E-state index in [1.54, 1.807) is 0 Å². The zero-order valence-corrected chi connectivity index (χ0v) is 11.6. The Morgan fingerprint density at radius 1 is 0.900 bits per heavy atom. The summed E-state index contributed by atoms with van der Waals surface area (Å²) in [6.07, 6.45) is 0. The minimum atomic E-state index is -0.00982. The van der Waals surface area contributed by atoms with E-state index in [-0.39, 0.29) is 5.41 Å². The molecular weight excluding hydrogens is 244 g/mol. The zero-order chi connectivity index (χ0) is 13.7. The van der Waals surface area contributed by atoms with Crippen LogP contribution in [0.4, 0.5) is 0 Å². The lowest BCUT2D eigenvalue weighted by atomic mass is 9.81. The van der Waals surface area contributed by atoms with Crippen molar-refractivity contribution in [3.63, 3.8) is 0 Å². The largest absolute Gasteiger partial charge is 0.277 e. The Hall–Kier alpha value is -2.35. The standard InChI is InChI=1S/C18H16N2/c1-18(2)14-11-7-6-10-13(14)17-15(18)16(19-20-17)12-8-4-3-5-9-12/h3-11H,1-2H3,(H,19,20). The van der Waals surface area contributed by atoms with E-state index in [4.69, 9.17) is 0 Å². The van der Waals surface area contributed by atoms with Crippen LogP contribution in [0.3, 0.4) is 0 Å². The number of nitrogens with one attached hydrogen (secondary N) is 1. The number of benzene rings is 2. The normalized spacial score (nSPS) is 14.9. The average molecular weight is 260 g/mol. The van der Waals surface area contributed by atoms with Crippen molar-refractivity contribution in [3.8, 4) is 22.5 Å². The third kappa shape index (κ3) is 1.36. The molecule has 2 nitrogen and oxygen atoms in total. The van der Waals surface area contributed by atoms with Gasteiger partial charge in [-0.1, -0.05) is 68.4 Å². The Labute approximate surface area is 118 Å². The first-order valence-electron chi connectivity index (χ1n) is 6.94. The van der Waals surface area contributed by atoms with Gasteiger partial charge in [-0.2, -0.15) is 5.10 Å². The molecular formula is C18H16N2. The molecule has 1 N–H and O–H groups in total. The highest BCUT2D eigenvalue weighted by atomic mass is 15.1. The van der Waals surface area contributed by atoms with Crippen LogP contribution in [0.2, 0.25) is 0 Å². The van der Waals surface area contributed by atoms with E-state index < -0.39 is 0 Å². The molecule has 20 heavy (non-hydrogen) atoms. The number of aromatic nitrogens is 2. The van der Waals surface area contributed by atoms with Crippen LogP contribution in [0.15, 0.2) is 54.6 Å². The van der Waals surface area contributed by atoms with Crippen LogP contribution in [0, 0.1) is 0 Å². The van der Waals surface area contributed by atoms with Gasteiger partial charge in [0.2, 0.25) is 0 Å². The second-order valence-electron chi connectivity index (χ2n) is 5.86. The monoisotopic (exact) mass is 260 g/mol. The van der Waals surface area contributed by atoms with Gasteiger partial charge in [0.25, 0.3) is 0 Å². The maximum Gasteiger partial charge on any atom is 0.0968 e. The summed E-state index contributed by atoms with van der Waals surface area (Å²) in [5.41, 5.74) is 7.37. The molecule has 0 fully saturated rings. The molecule has 1 aliphatic carbocycles. The fourth-order valence-corrected chi connectivity index (χ4v) is 3.33. The Morgan fingerprint density at radius 2 is 1.60 bits per heavy atom. The molecule has 0 saturated heterocycles. The highest BCUT2D eigenvalue weighted by Crippen LogP contribution is 2.50. The van der Waals surface area contributed by atoms with Gasteiger partial charge >= 0.3 is 0 Å². The average Bonchev–Trinajstić information content (AvgIpc) is 3.01. The van der Waals surface area contributed by atoms with Gasteiger partial charge < -0.3 is 0 Å². The first-order valence-corrected chi connectivity index (χ1v) is 6.94. The van der Waals surface area contributed by atoms with Gasteiger partial charge in [-0.15, -0.1) is 0 Å². The van der Waals surface area contributed by atoms with Crippen LogP contribution in [0.5, 0.6) is 0 Å². The minimum Gasteiger partial charge on any atom is -0.277 e. The molecule has 0 spiro atoms. The second-order valence-corrected chi connectivity index (χ2v) is 5.86. The van der Waals surface area contributed by atoms with Crippen LogP contribution in [0.1, 0.15) is 25.0 Å². The van der Waals surface area contributed by atoms with Crippen molar-refractivity contribution < 1.29 is 0 Å². The topological polar surface area (TPSA) is 28.7 Å². The Bertz CT molecular complexity index is 782. The van der Waals surface area contributed by atoms with Gasteiger partial charge in [0.15, 0.2) is 0 Å². The number of H-pyrrole nitrogens is 1. The number of nitrogens with zero attached hydrogens (tertiary/aromatic N) is 1. The summed E-state index contributed by atoms with van der Waals surface area (Å²) in [6, 6.07) is 19.0. The summed E-state index contributed by atoms with van der Waals surface area (Å²) in [4.78, 5) is 0. The number of fused-ring (bicyclic) bond motifs is 3. The molecule has 0 bridgehead atoms. The molecule has 0 amide bonds. The number of hydrogen-bond donors (Lipinski definition) is 1. The van der Waals surface area contributed by atoms with Crippen LogP contribution < -0.4 is 0 Å². The van der Waals surface area contributed by atoms with Gasteiger partial charge in [0, 0.05) is 22.1 Å². The van der Waals surface area contributed by atoms with Gasteiger partial charge in [0.1, 0.15) is 0 Å². The predicted molar refractivity (Wildman–Crippen MR) is 81.6 cm³/mol. The Balaban J connectivity index is 2.01. The fourth-order valence-electron chi connectivity index (χ4n) is 3.33. The number of rotatable bonds is 1. The molecule has 0 saturated carbocycles. The highest BCUT2D eigenvalue weighted by molar-refractivity contribution is 5.84. The molecule has 2 heteroatoms. The number of aromatic amines is 1. The summed E-state index contributed by atoms with van der Waals surface area (Å²) in [6.45, 7) is 4.55. The van der Waals surface area contributed by atoms with E-state index in [2.05, 4.69) is 72.6 Å². The number of hydrogen-bond acceptors (Lipinski definition) is 1. The molecule has 0 unspecified atom stereocenters. The molecule has 2 aromatic carbocycles. The van der Waals surface area contributed by atoms with Crippen LogP contribution in [-0.2, 0) is 5.41 Å². The van der Waals surface area contributed by atoms with Crippen molar-refractivity contribution in [2.75, 3.05) is 0 Å². The van der Waals surface area contributed by atoms with E-state index in [1.165, 1.54) is 27.9 Å². The molecule has 1 heterocycles. The summed E-state index contributed by atoms with van der Waals surface area (Å²) >= 11 is 0. The molecule has 0 aliphatic heterocycles. The first kappa shape index (κ1) is 11.5. The molecule has 0 atom stereocenters. The summed E-state index contributed by atoms with van der Waals surface area (Å²) in [7, 11) is 0. The summed E-state index contributed by atoms with van der Waals surface area (Å²) < 4.78 is 0. The maximum atomic E-state index is 4.58. The lowest BCUT2D eigenvalue weighted by molar-refractivity contribution is 0.662. The smallest absolute Gasteiger partial charge is 0.0968 e. The quantitative estimate of drug-likeness (QED) is 0.691. The first-order chi connectivity index (χ1) is 9.69. The van der Waals surface area contributed by atoms with Crippen molar-refractivity contribution in [2.45, 2.75) is 19.3 Å². The highest BCUT2D eigenvalue weighted by Gasteiger charge is 2.39. The van der Waals surface area contributed by atoms with Crippen molar-refractivity contribution >= 4 is 0 Å². The molecule has 4 rings (SSSR count). The Morgan fingerprint density at radius 3 is 2.40 bits per heavy atom. The molecule has 3 aromatic rings. The summed E-state index contributed by atoms with van der Waals surface area (Å²) in [5.74, 6) is 0. The van der Waals surface area contributed by atoms with E-state index in [1.807, 2.05) is 6.07 Å². The molecule has 98 valence electrons. The van der Waals surface area contributed by atoms with E-state index >= 15 is 0 Å². The van der Waals surface area contributed by atoms with Crippen LogP contribution in [0.25, 0.3) is 22.5 Å². The second kappa shape index (κ2) is 3.83. The third-order valence-electron chi connectivity index (χ3n) is 4.31. The van der Waals surface area contributed by atoms with Crippen molar-refractivity contribution in [2.24, 2.45) is 0 Å². The predicted octanol–water partition coefficient (Wildman–Crippen LogP) is 4.38. The lowest BCUT2D eigenvalue weighted by Gasteiger charge is -2.21. The third-order valence-corrected chi connectivity index (χ3v) is 4.31. The molecule has 0 radical (unpaired) electrons. The minimum absolute atomic E-state index is 0.00982. The maximum absolute atomic E-state index is 4.58. The lowest BCUT2D eigenvalue weighted by Crippen LogP contribution is -2.15. The van der Waals surface area contributed by atoms with Crippen molar-refractivity contribution in [3.05, 3.63) is 65.7 Å². The molecule has 1 aromatic heterocycles. The van der Waals surface area contributed by atoms with E-state index in [9.17, 15) is 0 Å². The molecule has 1 aliphatic rings. The van der Waals surface area contributed by atoms with Crippen molar-refractivity contribution in [1.29, 1.82) is 0 Å². The van der Waals surface area contributed by atoms with Gasteiger partial charge in [-0.05, 0) is 5.56 Å². The van der Waals surface area contributed by atoms with Crippen molar-refractivity contribution in [1.82, 2.24) is 10.2 Å². The SMILES string of the molecule is CC1(C)c2ccccc2-c2[nH]nc(-c3ccccc3)c21. The zero-order valence-electron chi connectivity index (χ0n) is 11.6.